The molecule has 16 heavy (non-hydrogen) atoms. The first-order chi connectivity index (χ1) is 7.74. The zero-order valence-corrected chi connectivity index (χ0v) is 8.93. The number of fused-ring (bicyclic) bond motifs is 1. The molecule has 3 nitrogen and oxygen atoms in total. The topological polar surface area (TPSA) is 39.2 Å². The van der Waals surface area contributed by atoms with Gasteiger partial charge in [0.1, 0.15) is 0 Å². The summed E-state index contributed by atoms with van der Waals surface area (Å²) in [5.41, 5.74) is 0.851. The van der Waals surface area contributed by atoms with Crippen LogP contribution >= 0.6 is 0 Å². The van der Waals surface area contributed by atoms with Crippen LogP contribution in [0, 0.1) is 0 Å². The number of esters is 1. The maximum absolute atomic E-state index is 11.4. The number of pyridine rings is 1. The van der Waals surface area contributed by atoms with Crippen molar-refractivity contribution in [1.82, 2.24) is 4.98 Å². The zero-order chi connectivity index (χ0) is 11.5. The van der Waals surface area contributed by atoms with Gasteiger partial charge in [-0.05, 0) is 11.5 Å². The van der Waals surface area contributed by atoms with E-state index in [1.165, 1.54) is 7.11 Å². The summed E-state index contributed by atoms with van der Waals surface area (Å²) >= 11 is 0. The Kier molecular flexibility index (Phi) is 2.68. The van der Waals surface area contributed by atoms with E-state index < -0.39 is 5.97 Å². The van der Waals surface area contributed by atoms with Crippen molar-refractivity contribution in [2.75, 3.05) is 7.11 Å². The Hall–Kier alpha value is -2.16. The first-order valence-electron chi connectivity index (χ1n) is 4.85. The van der Waals surface area contributed by atoms with E-state index in [1.54, 1.807) is 6.20 Å². The third-order valence-corrected chi connectivity index (χ3v) is 2.39. The molecule has 0 fully saturated rings. The van der Waals surface area contributed by atoms with E-state index in [4.69, 9.17) is 0 Å². The molecule has 0 spiro atoms. The number of aromatic nitrogens is 1. The number of hydrogen-bond acceptors (Lipinski definition) is 3. The molecule has 0 saturated heterocycles. The van der Waals surface area contributed by atoms with E-state index in [0.29, 0.717) is 5.69 Å². The summed E-state index contributed by atoms with van der Waals surface area (Å²) < 4.78 is 4.64. The maximum Gasteiger partial charge on any atom is 0.339 e. The molecule has 0 aliphatic heterocycles. The molecule has 1 aromatic carbocycles. The van der Waals surface area contributed by atoms with Gasteiger partial charge in [0, 0.05) is 11.6 Å². The lowest BCUT2D eigenvalue weighted by molar-refractivity contribution is -0.133. The molecule has 3 heteroatoms. The molecule has 0 saturated carbocycles. The number of methoxy groups -OCH3 is 1. The Morgan fingerprint density at radius 3 is 2.81 bits per heavy atom. The summed E-state index contributed by atoms with van der Waals surface area (Å²) in [6.45, 7) is 3.71. The Morgan fingerprint density at radius 1 is 1.31 bits per heavy atom. The predicted octanol–water partition coefficient (Wildman–Crippen LogP) is 2.42. The highest BCUT2D eigenvalue weighted by molar-refractivity contribution is 6.18. The fourth-order valence-electron chi connectivity index (χ4n) is 1.58. The summed E-state index contributed by atoms with van der Waals surface area (Å²) in [6.07, 6.45) is 1.66. The zero-order valence-electron chi connectivity index (χ0n) is 8.93. The Labute approximate surface area is 93.4 Å². The molecule has 0 atom stereocenters. The van der Waals surface area contributed by atoms with Crippen LogP contribution in [0.1, 0.15) is 5.69 Å². The largest absolute Gasteiger partial charge is 0.465 e. The van der Waals surface area contributed by atoms with Crippen LogP contribution < -0.4 is 0 Å². The second-order valence-corrected chi connectivity index (χ2v) is 3.35. The van der Waals surface area contributed by atoms with Crippen LogP contribution in [0.25, 0.3) is 16.3 Å². The van der Waals surface area contributed by atoms with Gasteiger partial charge in [-0.2, -0.15) is 0 Å². The maximum atomic E-state index is 11.4. The molecule has 80 valence electrons. The van der Waals surface area contributed by atoms with Gasteiger partial charge in [0.2, 0.25) is 0 Å². The average Bonchev–Trinajstić information content (AvgIpc) is 2.36. The van der Waals surface area contributed by atoms with Gasteiger partial charge in [-0.15, -0.1) is 0 Å². The molecule has 1 aromatic heterocycles. The number of benzene rings is 1. The van der Waals surface area contributed by atoms with E-state index in [2.05, 4.69) is 16.3 Å². The minimum Gasteiger partial charge on any atom is -0.465 e. The van der Waals surface area contributed by atoms with Gasteiger partial charge in [-0.3, -0.25) is 4.98 Å². The van der Waals surface area contributed by atoms with Crippen molar-refractivity contribution in [3.05, 3.63) is 48.8 Å². The molecule has 0 bridgehead atoms. The summed E-state index contributed by atoms with van der Waals surface area (Å²) in [6, 6.07) is 9.60. The molecule has 0 aliphatic carbocycles. The number of rotatable bonds is 2. The highest BCUT2D eigenvalue weighted by Crippen LogP contribution is 2.22. The normalized spacial score (nSPS) is 10.1. The smallest absolute Gasteiger partial charge is 0.339 e. The van der Waals surface area contributed by atoms with Crippen LogP contribution in [0.3, 0.4) is 0 Å². The molecular weight excluding hydrogens is 202 g/mol. The quantitative estimate of drug-likeness (QED) is 0.568. The standard InChI is InChI=1S/C13H11NO2/c1-9(13(15)16-2)12-11-6-4-3-5-10(11)7-8-14-12/h3-8H,1H2,2H3. The lowest BCUT2D eigenvalue weighted by Crippen LogP contribution is -2.04. The lowest BCUT2D eigenvalue weighted by atomic mass is 10.1. The van der Waals surface area contributed by atoms with Crippen molar-refractivity contribution in [1.29, 1.82) is 0 Å². The van der Waals surface area contributed by atoms with Gasteiger partial charge in [0.25, 0.3) is 0 Å². The second kappa shape index (κ2) is 4.14. The SMILES string of the molecule is C=C(C(=O)OC)c1nccc2ccccc12. The number of ether oxygens (including phenoxy) is 1. The van der Waals surface area contributed by atoms with Crippen LogP contribution in [0.4, 0.5) is 0 Å². The summed E-state index contributed by atoms with van der Waals surface area (Å²) in [4.78, 5) is 15.6. The molecule has 0 N–H and O–H groups in total. The molecule has 0 aliphatic rings. The monoisotopic (exact) mass is 213 g/mol. The minimum absolute atomic E-state index is 0.277. The Bertz CT molecular complexity index is 555. The van der Waals surface area contributed by atoms with Gasteiger partial charge in [-0.25, -0.2) is 4.79 Å². The highest BCUT2D eigenvalue weighted by atomic mass is 16.5. The van der Waals surface area contributed by atoms with Crippen LogP contribution in [0.5, 0.6) is 0 Å². The molecule has 2 aromatic rings. The fraction of sp³-hybridized carbons (Fsp3) is 0.0769. The van der Waals surface area contributed by atoms with Gasteiger partial charge in [0.05, 0.1) is 18.4 Å². The minimum atomic E-state index is -0.455. The molecular formula is C13H11NO2. The number of carbonyl (C=O) groups excluding carboxylic acids is 1. The van der Waals surface area contributed by atoms with E-state index in [1.807, 2.05) is 30.3 Å². The average molecular weight is 213 g/mol. The summed E-state index contributed by atoms with van der Waals surface area (Å²) in [7, 11) is 1.33. The third-order valence-electron chi connectivity index (χ3n) is 2.39. The molecule has 0 amide bonds. The van der Waals surface area contributed by atoms with Crippen molar-refractivity contribution in [2.24, 2.45) is 0 Å². The number of carbonyl (C=O) groups is 1. The van der Waals surface area contributed by atoms with E-state index in [9.17, 15) is 4.79 Å². The number of nitrogens with zero attached hydrogens (tertiary/aromatic N) is 1. The third kappa shape index (κ3) is 1.67. The van der Waals surface area contributed by atoms with Crippen molar-refractivity contribution in [3.8, 4) is 0 Å². The lowest BCUT2D eigenvalue weighted by Gasteiger charge is -2.06. The van der Waals surface area contributed by atoms with Crippen molar-refractivity contribution in [3.63, 3.8) is 0 Å². The van der Waals surface area contributed by atoms with Gasteiger partial charge in [0.15, 0.2) is 0 Å². The molecule has 0 radical (unpaired) electrons. The van der Waals surface area contributed by atoms with Crippen molar-refractivity contribution in [2.45, 2.75) is 0 Å². The van der Waals surface area contributed by atoms with Crippen LogP contribution in [0.15, 0.2) is 43.1 Å². The van der Waals surface area contributed by atoms with Crippen LogP contribution in [-0.2, 0) is 9.53 Å². The number of hydrogen-bond donors (Lipinski definition) is 0. The van der Waals surface area contributed by atoms with Crippen molar-refractivity contribution < 1.29 is 9.53 Å². The van der Waals surface area contributed by atoms with Crippen molar-refractivity contribution >= 4 is 22.3 Å². The second-order valence-electron chi connectivity index (χ2n) is 3.35. The first-order valence-corrected chi connectivity index (χ1v) is 4.85. The fourth-order valence-corrected chi connectivity index (χ4v) is 1.58. The highest BCUT2D eigenvalue weighted by Gasteiger charge is 2.13. The van der Waals surface area contributed by atoms with E-state index >= 15 is 0 Å². The molecule has 2 rings (SSSR count). The molecule has 0 unspecified atom stereocenters. The predicted molar refractivity (Wildman–Crippen MR) is 62.8 cm³/mol. The molecule has 1 heterocycles. The van der Waals surface area contributed by atoms with Crippen LogP contribution in [0.2, 0.25) is 0 Å². The van der Waals surface area contributed by atoms with Gasteiger partial charge < -0.3 is 4.74 Å². The Balaban J connectivity index is 2.61. The van der Waals surface area contributed by atoms with Crippen LogP contribution in [-0.4, -0.2) is 18.1 Å². The summed E-state index contributed by atoms with van der Waals surface area (Å²) in [5.74, 6) is -0.455. The van der Waals surface area contributed by atoms with E-state index in [0.717, 1.165) is 10.8 Å². The van der Waals surface area contributed by atoms with Gasteiger partial charge >= 0.3 is 5.97 Å². The Morgan fingerprint density at radius 2 is 2.06 bits per heavy atom. The van der Waals surface area contributed by atoms with Gasteiger partial charge in [-0.1, -0.05) is 30.8 Å². The summed E-state index contributed by atoms with van der Waals surface area (Å²) in [5, 5.41) is 1.93. The first kappa shape index (κ1) is 10.4. The van der Waals surface area contributed by atoms with E-state index in [-0.39, 0.29) is 5.57 Å².